The van der Waals surface area contributed by atoms with Gasteiger partial charge in [0.2, 0.25) is 0 Å². The van der Waals surface area contributed by atoms with Crippen LogP contribution in [0.2, 0.25) is 0 Å². The molecule has 1 aliphatic heterocycles. The van der Waals surface area contributed by atoms with Crippen LogP contribution in [-0.4, -0.2) is 30.4 Å². The van der Waals surface area contributed by atoms with Crippen LogP contribution in [0.4, 0.5) is 4.79 Å². The Labute approximate surface area is 84.0 Å². The standard InChI is InChI=1S/C10H17NO3/c1-7-5-8(6-13-7)14-9(12)11-10(2)3-4-10/h7-8H,3-6H2,1-2H3,(H,11,12)/t7-,8+/m1/s1. The fourth-order valence-electron chi connectivity index (χ4n) is 1.60. The number of carbonyl (C=O) groups is 1. The molecule has 1 aliphatic carbocycles. The third kappa shape index (κ3) is 2.38. The maximum Gasteiger partial charge on any atom is 0.407 e. The maximum absolute atomic E-state index is 11.4. The van der Waals surface area contributed by atoms with E-state index in [1.807, 2.05) is 13.8 Å². The van der Waals surface area contributed by atoms with Gasteiger partial charge in [-0.3, -0.25) is 0 Å². The number of amides is 1. The quantitative estimate of drug-likeness (QED) is 0.732. The summed E-state index contributed by atoms with van der Waals surface area (Å²) in [5, 5.41) is 2.86. The molecule has 2 fully saturated rings. The Kier molecular flexibility index (Phi) is 2.39. The molecule has 0 spiro atoms. The lowest BCUT2D eigenvalue weighted by Crippen LogP contribution is -2.37. The van der Waals surface area contributed by atoms with Crippen molar-refractivity contribution in [1.29, 1.82) is 0 Å². The smallest absolute Gasteiger partial charge is 0.407 e. The van der Waals surface area contributed by atoms with Crippen molar-refractivity contribution >= 4 is 6.09 Å². The minimum atomic E-state index is -0.298. The molecule has 0 aromatic carbocycles. The lowest BCUT2D eigenvalue weighted by molar-refractivity contribution is 0.0718. The normalized spacial score (nSPS) is 33.9. The summed E-state index contributed by atoms with van der Waals surface area (Å²) in [6, 6.07) is 0. The molecule has 0 bridgehead atoms. The van der Waals surface area contributed by atoms with Crippen LogP contribution in [0.25, 0.3) is 0 Å². The van der Waals surface area contributed by atoms with Gasteiger partial charge in [-0.1, -0.05) is 0 Å². The summed E-state index contributed by atoms with van der Waals surface area (Å²) < 4.78 is 10.5. The van der Waals surface area contributed by atoms with Crippen LogP contribution >= 0.6 is 0 Å². The van der Waals surface area contributed by atoms with Gasteiger partial charge in [0.05, 0.1) is 12.7 Å². The zero-order valence-corrected chi connectivity index (χ0v) is 8.71. The van der Waals surface area contributed by atoms with Crippen molar-refractivity contribution in [3.8, 4) is 0 Å². The SMILES string of the molecule is C[C@@H]1C[C@H](OC(=O)NC2(C)CC2)CO1. The Balaban J connectivity index is 1.72. The van der Waals surface area contributed by atoms with Crippen LogP contribution in [-0.2, 0) is 9.47 Å². The Morgan fingerprint density at radius 3 is 2.79 bits per heavy atom. The molecule has 2 rings (SSSR count). The first kappa shape index (κ1) is 9.77. The third-order valence-corrected chi connectivity index (χ3v) is 2.84. The van der Waals surface area contributed by atoms with E-state index < -0.39 is 0 Å². The highest BCUT2D eigenvalue weighted by molar-refractivity contribution is 5.69. The van der Waals surface area contributed by atoms with Crippen LogP contribution < -0.4 is 5.32 Å². The number of hydrogen-bond donors (Lipinski definition) is 1. The minimum Gasteiger partial charge on any atom is -0.444 e. The van der Waals surface area contributed by atoms with Crippen molar-refractivity contribution in [2.24, 2.45) is 0 Å². The molecule has 14 heavy (non-hydrogen) atoms. The fourth-order valence-corrected chi connectivity index (χ4v) is 1.60. The molecule has 0 unspecified atom stereocenters. The molecule has 0 aromatic heterocycles. The Morgan fingerprint density at radius 1 is 1.57 bits per heavy atom. The largest absolute Gasteiger partial charge is 0.444 e. The zero-order chi connectivity index (χ0) is 10.2. The van der Waals surface area contributed by atoms with Gasteiger partial charge in [-0.25, -0.2) is 4.79 Å². The van der Waals surface area contributed by atoms with Gasteiger partial charge in [0, 0.05) is 12.0 Å². The molecule has 0 radical (unpaired) electrons. The molecular formula is C10H17NO3. The summed E-state index contributed by atoms with van der Waals surface area (Å²) in [4.78, 5) is 11.4. The van der Waals surface area contributed by atoms with Crippen molar-refractivity contribution in [2.75, 3.05) is 6.61 Å². The highest BCUT2D eigenvalue weighted by Gasteiger charge is 2.40. The van der Waals surface area contributed by atoms with Crippen molar-refractivity contribution in [2.45, 2.75) is 50.9 Å². The summed E-state index contributed by atoms with van der Waals surface area (Å²) in [5.41, 5.74) is 0.00214. The summed E-state index contributed by atoms with van der Waals surface area (Å²) in [5.74, 6) is 0. The van der Waals surface area contributed by atoms with E-state index in [4.69, 9.17) is 9.47 Å². The first-order valence-electron chi connectivity index (χ1n) is 5.18. The van der Waals surface area contributed by atoms with Gasteiger partial charge in [0.15, 0.2) is 0 Å². The number of alkyl carbamates (subject to hydrolysis) is 1. The Hall–Kier alpha value is -0.770. The van der Waals surface area contributed by atoms with Gasteiger partial charge in [-0.15, -0.1) is 0 Å². The van der Waals surface area contributed by atoms with Crippen LogP contribution in [0.1, 0.15) is 33.1 Å². The second-order valence-corrected chi connectivity index (χ2v) is 4.59. The lowest BCUT2D eigenvalue weighted by Gasteiger charge is -2.14. The van der Waals surface area contributed by atoms with Crippen molar-refractivity contribution in [1.82, 2.24) is 5.32 Å². The number of rotatable bonds is 2. The molecule has 2 atom stereocenters. The highest BCUT2D eigenvalue weighted by Crippen LogP contribution is 2.34. The Bertz CT molecular complexity index is 238. The van der Waals surface area contributed by atoms with Crippen LogP contribution in [0.15, 0.2) is 0 Å². The third-order valence-electron chi connectivity index (χ3n) is 2.84. The van der Waals surface area contributed by atoms with E-state index in [0.717, 1.165) is 19.3 Å². The van der Waals surface area contributed by atoms with Crippen molar-refractivity contribution < 1.29 is 14.3 Å². The number of carbonyl (C=O) groups excluding carboxylic acids is 1. The van der Waals surface area contributed by atoms with Gasteiger partial charge in [-0.05, 0) is 26.7 Å². The van der Waals surface area contributed by atoms with Crippen LogP contribution in [0.3, 0.4) is 0 Å². The molecule has 4 heteroatoms. The summed E-state index contributed by atoms with van der Waals surface area (Å²) >= 11 is 0. The molecule has 1 heterocycles. The molecule has 4 nitrogen and oxygen atoms in total. The summed E-state index contributed by atoms with van der Waals surface area (Å²) in [6.07, 6.45) is 2.77. The molecule has 1 saturated carbocycles. The second kappa shape index (κ2) is 3.42. The molecule has 1 amide bonds. The van der Waals surface area contributed by atoms with Gasteiger partial charge in [0.25, 0.3) is 0 Å². The van der Waals surface area contributed by atoms with Crippen molar-refractivity contribution in [3.05, 3.63) is 0 Å². The Morgan fingerprint density at radius 2 is 2.29 bits per heavy atom. The number of ether oxygens (including phenoxy) is 2. The van der Waals surface area contributed by atoms with Crippen LogP contribution in [0.5, 0.6) is 0 Å². The molecule has 0 aromatic rings. The van der Waals surface area contributed by atoms with Crippen molar-refractivity contribution in [3.63, 3.8) is 0 Å². The van der Waals surface area contributed by atoms with Gasteiger partial charge in [0.1, 0.15) is 6.10 Å². The molecule has 1 N–H and O–H groups in total. The van der Waals surface area contributed by atoms with E-state index in [2.05, 4.69) is 5.32 Å². The van der Waals surface area contributed by atoms with E-state index in [1.165, 1.54) is 0 Å². The maximum atomic E-state index is 11.4. The van der Waals surface area contributed by atoms with Gasteiger partial charge >= 0.3 is 6.09 Å². The van der Waals surface area contributed by atoms with Gasteiger partial charge in [-0.2, -0.15) is 0 Å². The predicted octanol–water partition coefficient (Wildman–Crippen LogP) is 1.44. The van der Waals surface area contributed by atoms with E-state index in [-0.39, 0.29) is 23.8 Å². The molecular weight excluding hydrogens is 182 g/mol. The lowest BCUT2D eigenvalue weighted by atomic mass is 10.2. The van der Waals surface area contributed by atoms with Crippen LogP contribution in [0, 0.1) is 0 Å². The number of hydrogen-bond acceptors (Lipinski definition) is 3. The predicted molar refractivity (Wildman–Crippen MR) is 51.1 cm³/mol. The fraction of sp³-hybridized carbons (Fsp3) is 0.900. The summed E-state index contributed by atoms with van der Waals surface area (Å²) in [7, 11) is 0. The van der Waals surface area contributed by atoms with E-state index in [9.17, 15) is 4.79 Å². The van der Waals surface area contributed by atoms with E-state index in [1.54, 1.807) is 0 Å². The summed E-state index contributed by atoms with van der Waals surface area (Å²) in [6.45, 7) is 4.55. The van der Waals surface area contributed by atoms with E-state index in [0.29, 0.717) is 6.61 Å². The molecule has 80 valence electrons. The highest BCUT2D eigenvalue weighted by atomic mass is 16.6. The van der Waals surface area contributed by atoms with E-state index >= 15 is 0 Å². The molecule has 2 aliphatic rings. The monoisotopic (exact) mass is 199 g/mol. The molecule has 1 saturated heterocycles. The first-order valence-corrected chi connectivity index (χ1v) is 5.18. The first-order chi connectivity index (χ1) is 6.57. The topological polar surface area (TPSA) is 47.6 Å². The zero-order valence-electron chi connectivity index (χ0n) is 8.71. The second-order valence-electron chi connectivity index (χ2n) is 4.59. The number of nitrogens with one attached hydrogen (secondary N) is 1. The average Bonchev–Trinajstić information content (AvgIpc) is 2.64. The minimum absolute atomic E-state index is 0.00214. The van der Waals surface area contributed by atoms with Gasteiger partial charge < -0.3 is 14.8 Å². The average molecular weight is 199 g/mol.